The molecule has 2 aliphatic carbocycles. The number of nitrogens with two attached hydrogens (primary N) is 1. The van der Waals surface area contributed by atoms with Crippen LogP contribution in [0.1, 0.15) is 64.7 Å². The van der Waals surface area contributed by atoms with Gasteiger partial charge in [0.05, 0.1) is 0 Å². The van der Waals surface area contributed by atoms with Crippen LogP contribution in [0.2, 0.25) is 0 Å². The summed E-state index contributed by atoms with van der Waals surface area (Å²) in [5.74, 6) is 0.943. The number of hydrogen-bond acceptors (Lipinski definition) is 2. The van der Waals surface area contributed by atoms with Gasteiger partial charge < -0.3 is 11.1 Å². The van der Waals surface area contributed by atoms with E-state index in [1.807, 2.05) is 0 Å². The van der Waals surface area contributed by atoms with Gasteiger partial charge in [0, 0.05) is 18.0 Å². The summed E-state index contributed by atoms with van der Waals surface area (Å²) >= 11 is 0. The van der Waals surface area contributed by atoms with Crippen molar-refractivity contribution in [2.24, 2.45) is 17.1 Å². The van der Waals surface area contributed by atoms with Gasteiger partial charge in [-0.2, -0.15) is 0 Å². The van der Waals surface area contributed by atoms with Crippen molar-refractivity contribution in [3.63, 3.8) is 0 Å². The van der Waals surface area contributed by atoms with Crippen molar-refractivity contribution in [2.45, 2.75) is 70.8 Å². The number of carbonyl (C=O) groups is 1. The second kappa shape index (κ2) is 6.05. The van der Waals surface area contributed by atoms with E-state index in [9.17, 15) is 4.79 Å². The molecule has 2 rings (SSSR count). The normalized spacial score (nSPS) is 31.9. The zero-order chi connectivity index (χ0) is 13.0. The molecule has 3 N–H and O–H groups in total. The Morgan fingerprint density at radius 2 is 1.78 bits per heavy atom. The van der Waals surface area contributed by atoms with Crippen LogP contribution in [-0.4, -0.2) is 18.5 Å². The molecular formula is C15H28N2O. The van der Waals surface area contributed by atoms with E-state index in [0.29, 0.717) is 12.0 Å². The van der Waals surface area contributed by atoms with Crippen molar-refractivity contribution in [3.8, 4) is 0 Å². The highest BCUT2D eigenvalue weighted by Gasteiger charge is 2.34. The molecule has 0 spiro atoms. The second-order valence-electron chi connectivity index (χ2n) is 6.61. The Morgan fingerprint density at radius 3 is 2.39 bits per heavy atom. The maximum Gasteiger partial charge on any atom is 0.225 e. The second-order valence-corrected chi connectivity index (χ2v) is 6.61. The minimum absolute atomic E-state index is 0.0939. The van der Waals surface area contributed by atoms with Crippen molar-refractivity contribution in [3.05, 3.63) is 0 Å². The molecule has 2 aliphatic rings. The third kappa shape index (κ3) is 3.47. The fourth-order valence-electron chi connectivity index (χ4n) is 3.40. The fourth-order valence-corrected chi connectivity index (χ4v) is 3.40. The predicted octanol–water partition coefficient (Wildman–Crippen LogP) is 2.59. The molecule has 0 atom stereocenters. The van der Waals surface area contributed by atoms with Gasteiger partial charge in [-0.15, -0.1) is 0 Å². The van der Waals surface area contributed by atoms with Gasteiger partial charge in [0.1, 0.15) is 0 Å². The Bertz CT molecular complexity index is 276. The van der Waals surface area contributed by atoms with Crippen LogP contribution in [0.5, 0.6) is 0 Å². The van der Waals surface area contributed by atoms with Gasteiger partial charge in [-0.25, -0.2) is 0 Å². The first-order valence-electron chi connectivity index (χ1n) is 7.64. The molecule has 0 aromatic rings. The molecule has 0 saturated heterocycles. The van der Waals surface area contributed by atoms with E-state index in [1.54, 1.807) is 0 Å². The van der Waals surface area contributed by atoms with Crippen LogP contribution < -0.4 is 11.1 Å². The number of rotatable bonds is 3. The van der Waals surface area contributed by atoms with Crippen molar-refractivity contribution >= 4 is 5.91 Å². The van der Waals surface area contributed by atoms with Crippen LogP contribution in [-0.2, 0) is 4.79 Å². The lowest BCUT2D eigenvalue weighted by Crippen LogP contribution is -2.43. The average Bonchev–Trinajstić information content (AvgIpc) is 2.38. The summed E-state index contributed by atoms with van der Waals surface area (Å²) in [5.41, 5.74) is 5.81. The number of hydrogen-bond donors (Lipinski definition) is 2. The topological polar surface area (TPSA) is 55.1 Å². The first-order valence-corrected chi connectivity index (χ1v) is 7.64. The van der Waals surface area contributed by atoms with Crippen LogP contribution in [0.15, 0.2) is 0 Å². The molecule has 104 valence electrons. The predicted molar refractivity (Wildman–Crippen MR) is 74.1 cm³/mol. The van der Waals surface area contributed by atoms with E-state index >= 15 is 0 Å². The fraction of sp³-hybridized carbons (Fsp3) is 0.933. The van der Waals surface area contributed by atoms with E-state index in [1.165, 1.54) is 32.1 Å². The molecule has 3 heteroatoms. The van der Waals surface area contributed by atoms with Gasteiger partial charge in [-0.05, 0) is 44.4 Å². The number of nitrogens with one attached hydrogen (secondary N) is 1. The molecule has 1 amide bonds. The van der Waals surface area contributed by atoms with Crippen LogP contribution >= 0.6 is 0 Å². The van der Waals surface area contributed by atoms with Crippen LogP contribution in [0.3, 0.4) is 0 Å². The van der Waals surface area contributed by atoms with E-state index in [0.717, 1.165) is 32.2 Å². The molecule has 2 fully saturated rings. The summed E-state index contributed by atoms with van der Waals surface area (Å²) in [5, 5.41) is 3.20. The highest BCUT2D eigenvalue weighted by molar-refractivity contribution is 5.82. The van der Waals surface area contributed by atoms with Gasteiger partial charge in [0.15, 0.2) is 0 Å². The first-order chi connectivity index (χ1) is 8.60. The quantitative estimate of drug-likeness (QED) is 0.811. The lowest BCUT2D eigenvalue weighted by molar-refractivity contribution is -0.132. The molecule has 0 aliphatic heterocycles. The van der Waals surface area contributed by atoms with Gasteiger partial charge in [-0.3, -0.25) is 4.79 Å². The Balaban J connectivity index is 1.74. The summed E-state index contributed by atoms with van der Waals surface area (Å²) in [4.78, 5) is 12.3. The van der Waals surface area contributed by atoms with E-state index < -0.39 is 0 Å². The monoisotopic (exact) mass is 252 g/mol. The van der Waals surface area contributed by atoms with E-state index in [2.05, 4.69) is 12.2 Å². The minimum Gasteiger partial charge on any atom is -0.355 e. The minimum atomic E-state index is -0.0939. The summed E-state index contributed by atoms with van der Waals surface area (Å²) in [6, 6.07) is 0.396. The molecule has 0 bridgehead atoms. The third-order valence-electron chi connectivity index (χ3n) is 4.95. The molecule has 0 aromatic carbocycles. The van der Waals surface area contributed by atoms with Gasteiger partial charge in [0.2, 0.25) is 5.91 Å². The van der Waals surface area contributed by atoms with Gasteiger partial charge in [0.25, 0.3) is 0 Å². The average molecular weight is 252 g/mol. The zero-order valence-electron chi connectivity index (χ0n) is 11.7. The summed E-state index contributed by atoms with van der Waals surface area (Å²) in [6.45, 7) is 3.00. The van der Waals surface area contributed by atoms with E-state index in [-0.39, 0.29) is 11.3 Å². The van der Waals surface area contributed by atoms with Gasteiger partial charge in [-0.1, -0.05) is 26.2 Å². The van der Waals surface area contributed by atoms with Crippen molar-refractivity contribution in [1.29, 1.82) is 0 Å². The molecular weight excluding hydrogens is 224 g/mol. The Kier molecular flexibility index (Phi) is 4.66. The molecule has 18 heavy (non-hydrogen) atoms. The van der Waals surface area contributed by atoms with Crippen LogP contribution in [0.4, 0.5) is 0 Å². The number of carbonyl (C=O) groups excluding carboxylic acids is 1. The van der Waals surface area contributed by atoms with Crippen molar-refractivity contribution in [1.82, 2.24) is 5.32 Å². The summed E-state index contributed by atoms with van der Waals surface area (Å²) < 4.78 is 0. The number of amides is 1. The SMILES string of the molecule is CC1(C(=O)NCC2CCC(N)CC2)CCCCC1. The lowest BCUT2D eigenvalue weighted by atomic mass is 9.75. The van der Waals surface area contributed by atoms with E-state index in [4.69, 9.17) is 5.73 Å². The standard InChI is InChI=1S/C15H28N2O/c1-15(9-3-2-4-10-15)14(18)17-11-12-5-7-13(16)8-6-12/h12-13H,2-11,16H2,1H3,(H,17,18). The van der Waals surface area contributed by atoms with Gasteiger partial charge >= 0.3 is 0 Å². The van der Waals surface area contributed by atoms with Crippen molar-refractivity contribution < 1.29 is 4.79 Å². The smallest absolute Gasteiger partial charge is 0.225 e. The Morgan fingerprint density at radius 1 is 1.17 bits per heavy atom. The lowest BCUT2D eigenvalue weighted by Gasteiger charge is -2.33. The highest BCUT2D eigenvalue weighted by Crippen LogP contribution is 2.36. The summed E-state index contributed by atoms with van der Waals surface area (Å²) in [6.07, 6.45) is 10.4. The molecule has 2 saturated carbocycles. The Hall–Kier alpha value is -0.570. The largest absolute Gasteiger partial charge is 0.355 e. The highest BCUT2D eigenvalue weighted by atomic mass is 16.2. The zero-order valence-corrected chi connectivity index (χ0v) is 11.7. The first kappa shape index (κ1) is 13.9. The molecule has 3 nitrogen and oxygen atoms in total. The molecule has 0 radical (unpaired) electrons. The molecule has 0 aromatic heterocycles. The maximum atomic E-state index is 12.3. The molecule has 0 heterocycles. The molecule has 0 unspecified atom stereocenters. The van der Waals surface area contributed by atoms with Crippen molar-refractivity contribution in [2.75, 3.05) is 6.54 Å². The Labute approximate surface area is 111 Å². The van der Waals surface area contributed by atoms with Crippen LogP contribution in [0, 0.1) is 11.3 Å². The van der Waals surface area contributed by atoms with Crippen LogP contribution in [0.25, 0.3) is 0 Å². The summed E-state index contributed by atoms with van der Waals surface area (Å²) in [7, 11) is 0. The maximum absolute atomic E-state index is 12.3. The third-order valence-corrected chi connectivity index (χ3v) is 4.95.